The second-order valence-corrected chi connectivity index (χ2v) is 8.78. The van der Waals surface area contributed by atoms with Gasteiger partial charge in [-0.3, -0.25) is 9.59 Å². The Morgan fingerprint density at radius 1 is 1.32 bits per heavy atom. The van der Waals surface area contributed by atoms with Gasteiger partial charge in [0.25, 0.3) is 0 Å². The molecule has 2 atom stereocenters. The largest absolute Gasteiger partial charge is 0.368 e. The third-order valence-electron chi connectivity index (χ3n) is 4.74. The van der Waals surface area contributed by atoms with Crippen molar-refractivity contribution < 1.29 is 18.0 Å². The average molecular weight is 367 g/mol. The summed E-state index contributed by atoms with van der Waals surface area (Å²) in [6.07, 6.45) is 1.31. The van der Waals surface area contributed by atoms with E-state index < -0.39 is 39.3 Å². The summed E-state index contributed by atoms with van der Waals surface area (Å²) in [6.45, 7) is 5.63. The Morgan fingerprint density at radius 2 is 1.92 bits per heavy atom. The van der Waals surface area contributed by atoms with Gasteiger partial charge in [-0.15, -0.1) is 0 Å². The number of sulfonamides is 1. The van der Waals surface area contributed by atoms with E-state index in [1.807, 2.05) is 13.8 Å². The first-order valence-corrected chi connectivity index (χ1v) is 9.72. The number of nitrogens with zero attached hydrogens (tertiary/aromatic N) is 1. The van der Waals surface area contributed by atoms with Crippen molar-refractivity contribution in [1.29, 1.82) is 0 Å². The van der Waals surface area contributed by atoms with Gasteiger partial charge in [0.2, 0.25) is 21.8 Å². The Bertz CT molecular complexity index is 746. The predicted molar refractivity (Wildman–Crippen MR) is 93.9 cm³/mol. The van der Waals surface area contributed by atoms with E-state index in [0.29, 0.717) is 19.4 Å². The second-order valence-electron chi connectivity index (χ2n) is 7.07. The van der Waals surface area contributed by atoms with Crippen LogP contribution in [0.1, 0.15) is 33.6 Å². The van der Waals surface area contributed by atoms with Crippen molar-refractivity contribution in [2.75, 3.05) is 6.54 Å². The highest BCUT2D eigenvalue weighted by atomic mass is 32.2. The van der Waals surface area contributed by atoms with Crippen molar-refractivity contribution in [1.82, 2.24) is 9.62 Å². The summed E-state index contributed by atoms with van der Waals surface area (Å²) in [5.74, 6) is -1.04. The predicted octanol–water partition coefficient (Wildman–Crippen LogP) is 0.856. The smallest absolute Gasteiger partial charge is 0.241 e. The van der Waals surface area contributed by atoms with Crippen LogP contribution in [-0.4, -0.2) is 43.8 Å². The molecular weight excluding hydrogens is 342 g/mol. The Labute approximate surface area is 148 Å². The molecule has 0 bridgehead atoms. The number of nitrogens with one attached hydrogen (secondary N) is 1. The molecule has 1 saturated heterocycles. The lowest BCUT2D eigenvalue weighted by Gasteiger charge is -2.34. The summed E-state index contributed by atoms with van der Waals surface area (Å²) in [5, 5.41) is 0. The van der Waals surface area contributed by atoms with Crippen LogP contribution in [0.4, 0.5) is 0 Å². The Hall–Kier alpha value is -1.93. The van der Waals surface area contributed by atoms with E-state index in [2.05, 4.69) is 4.72 Å². The van der Waals surface area contributed by atoms with Crippen LogP contribution in [0.25, 0.3) is 0 Å². The monoisotopic (exact) mass is 367 g/mol. The standard InChI is InChI=1S/C17H25N3O4S/c1-12(15(18)21)20-11-7-10-17(2,3)14(16(20)22)19-25(23,24)13-8-5-4-6-9-13/h4-6,8-9,12,14,19H,7,10-11H2,1-3H3,(H2,18,21)/t12-,14+/m0/s1. The minimum atomic E-state index is -3.86. The van der Waals surface area contributed by atoms with E-state index in [9.17, 15) is 18.0 Å². The molecule has 3 N–H and O–H groups in total. The number of nitrogens with two attached hydrogens (primary N) is 1. The van der Waals surface area contributed by atoms with E-state index in [0.717, 1.165) is 0 Å². The molecule has 8 heteroatoms. The maximum absolute atomic E-state index is 13.0. The van der Waals surface area contributed by atoms with Gasteiger partial charge < -0.3 is 10.6 Å². The maximum atomic E-state index is 13.0. The molecule has 1 aliphatic heterocycles. The van der Waals surface area contributed by atoms with E-state index in [4.69, 9.17) is 5.73 Å². The number of carbonyl (C=O) groups excluding carboxylic acids is 2. The van der Waals surface area contributed by atoms with Crippen molar-refractivity contribution >= 4 is 21.8 Å². The highest BCUT2D eigenvalue weighted by molar-refractivity contribution is 7.89. The quantitative estimate of drug-likeness (QED) is 0.804. The fourth-order valence-corrected chi connectivity index (χ4v) is 4.41. The highest BCUT2D eigenvalue weighted by Gasteiger charge is 2.44. The Kier molecular flexibility index (Phi) is 5.53. The molecule has 1 aliphatic rings. The maximum Gasteiger partial charge on any atom is 0.241 e. The molecule has 0 unspecified atom stereocenters. The molecule has 0 saturated carbocycles. The molecule has 1 heterocycles. The first-order chi connectivity index (χ1) is 11.6. The first kappa shape index (κ1) is 19.4. The van der Waals surface area contributed by atoms with Gasteiger partial charge in [-0.1, -0.05) is 32.0 Å². The van der Waals surface area contributed by atoms with Crippen molar-refractivity contribution in [3.8, 4) is 0 Å². The van der Waals surface area contributed by atoms with Gasteiger partial charge in [-0.2, -0.15) is 4.72 Å². The second kappa shape index (κ2) is 7.13. The van der Waals surface area contributed by atoms with Crippen LogP contribution in [0.5, 0.6) is 0 Å². The molecule has 138 valence electrons. The topological polar surface area (TPSA) is 110 Å². The molecule has 2 rings (SSSR count). The van der Waals surface area contributed by atoms with Crippen LogP contribution >= 0.6 is 0 Å². The van der Waals surface area contributed by atoms with Gasteiger partial charge in [0, 0.05) is 6.54 Å². The van der Waals surface area contributed by atoms with Crippen molar-refractivity contribution in [3.05, 3.63) is 30.3 Å². The number of hydrogen-bond acceptors (Lipinski definition) is 4. The molecule has 0 radical (unpaired) electrons. The number of amides is 2. The fourth-order valence-electron chi connectivity index (χ4n) is 3.03. The van der Waals surface area contributed by atoms with Crippen LogP contribution < -0.4 is 10.5 Å². The highest BCUT2D eigenvalue weighted by Crippen LogP contribution is 2.33. The summed E-state index contributed by atoms with van der Waals surface area (Å²) in [6, 6.07) is 6.15. The lowest BCUT2D eigenvalue weighted by molar-refractivity contribution is -0.141. The third kappa shape index (κ3) is 4.19. The van der Waals surface area contributed by atoms with Gasteiger partial charge in [-0.25, -0.2) is 8.42 Å². The lowest BCUT2D eigenvalue weighted by Crippen LogP contribution is -2.57. The van der Waals surface area contributed by atoms with Gasteiger partial charge in [0.1, 0.15) is 12.1 Å². The van der Waals surface area contributed by atoms with Gasteiger partial charge in [0.15, 0.2) is 0 Å². The molecule has 1 aromatic carbocycles. The zero-order valence-corrected chi connectivity index (χ0v) is 15.5. The number of hydrogen-bond donors (Lipinski definition) is 2. The fraction of sp³-hybridized carbons (Fsp3) is 0.529. The molecule has 7 nitrogen and oxygen atoms in total. The molecule has 0 spiro atoms. The zero-order valence-electron chi connectivity index (χ0n) is 14.7. The van der Waals surface area contributed by atoms with Gasteiger partial charge in [0.05, 0.1) is 4.90 Å². The summed E-state index contributed by atoms with van der Waals surface area (Å²) in [7, 11) is -3.86. The van der Waals surface area contributed by atoms with E-state index in [1.165, 1.54) is 17.0 Å². The molecule has 0 aliphatic carbocycles. The van der Waals surface area contributed by atoms with Crippen LogP contribution in [0.15, 0.2) is 35.2 Å². The van der Waals surface area contributed by atoms with Crippen LogP contribution in [-0.2, 0) is 19.6 Å². The Morgan fingerprint density at radius 3 is 2.48 bits per heavy atom. The minimum absolute atomic E-state index is 0.0948. The number of benzene rings is 1. The van der Waals surface area contributed by atoms with E-state index in [1.54, 1.807) is 25.1 Å². The molecule has 25 heavy (non-hydrogen) atoms. The SMILES string of the molecule is C[C@@H](C(N)=O)N1CCCC(C)(C)[C@H](NS(=O)(=O)c2ccccc2)C1=O. The first-order valence-electron chi connectivity index (χ1n) is 8.23. The minimum Gasteiger partial charge on any atom is -0.368 e. The average Bonchev–Trinajstić information content (AvgIpc) is 2.65. The summed E-state index contributed by atoms with van der Waals surface area (Å²) in [5.41, 5.74) is 4.75. The number of carbonyl (C=O) groups is 2. The summed E-state index contributed by atoms with van der Waals surface area (Å²) < 4.78 is 27.9. The van der Waals surface area contributed by atoms with Crippen LogP contribution in [0.2, 0.25) is 0 Å². The van der Waals surface area contributed by atoms with Gasteiger partial charge in [-0.05, 0) is 37.3 Å². The van der Waals surface area contributed by atoms with Crippen molar-refractivity contribution in [2.24, 2.45) is 11.1 Å². The third-order valence-corrected chi connectivity index (χ3v) is 6.18. The number of rotatable bonds is 5. The lowest BCUT2D eigenvalue weighted by atomic mass is 9.81. The summed E-state index contributed by atoms with van der Waals surface area (Å²) >= 11 is 0. The van der Waals surface area contributed by atoms with Crippen LogP contribution in [0.3, 0.4) is 0 Å². The van der Waals surface area contributed by atoms with Gasteiger partial charge >= 0.3 is 0 Å². The number of likely N-dealkylation sites (tertiary alicyclic amines) is 1. The number of primary amides is 1. The van der Waals surface area contributed by atoms with Crippen LogP contribution in [0, 0.1) is 5.41 Å². The normalized spacial score (nSPS) is 22.3. The van der Waals surface area contributed by atoms with E-state index >= 15 is 0 Å². The molecule has 1 fully saturated rings. The molecule has 0 aromatic heterocycles. The molecule has 2 amide bonds. The Balaban J connectivity index is 2.37. The van der Waals surface area contributed by atoms with E-state index in [-0.39, 0.29) is 4.90 Å². The zero-order chi connectivity index (χ0) is 18.8. The van der Waals surface area contributed by atoms with Crippen molar-refractivity contribution in [3.63, 3.8) is 0 Å². The molecular formula is C17H25N3O4S. The molecule has 1 aromatic rings. The summed E-state index contributed by atoms with van der Waals surface area (Å²) in [4.78, 5) is 26.0. The van der Waals surface area contributed by atoms with Crippen molar-refractivity contribution in [2.45, 2.75) is 50.6 Å².